The lowest BCUT2D eigenvalue weighted by atomic mass is 10.3. The van der Waals surface area contributed by atoms with Gasteiger partial charge in [0.05, 0.1) is 15.7 Å². The SMILES string of the molecule is Cn1c(=O)cc(NNc2ccc(Cl)c(Cl)c2)[nH]c1=O. The van der Waals surface area contributed by atoms with Gasteiger partial charge in [0.15, 0.2) is 0 Å². The van der Waals surface area contributed by atoms with Gasteiger partial charge in [-0.15, -0.1) is 0 Å². The van der Waals surface area contributed by atoms with E-state index in [4.69, 9.17) is 23.2 Å². The van der Waals surface area contributed by atoms with Crippen LogP contribution in [0, 0.1) is 0 Å². The number of aromatic amines is 1. The molecule has 0 aliphatic heterocycles. The molecule has 2 aromatic rings. The maximum atomic E-state index is 11.4. The number of hydrazine groups is 1. The van der Waals surface area contributed by atoms with Crippen LogP contribution in [-0.4, -0.2) is 9.55 Å². The van der Waals surface area contributed by atoms with Crippen LogP contribution in [0.4, 0.5) is 11.5 Å². The van der Waals surface area contributed by atoms with Crippen LogP contribution >= 0.6 is 23.2 Å². The molecule has 0 saturated carbocycles. The molecule has 100 valence electrons. The van der Waals surface area contributed by atoms with Gasteiger partial charge in [0.25, 0.3) is 5.56 Å². The highest BCUT2D eigenvalue weighted by Crippen LogP contribution is 2.24. The molecule has 0 unspecified atom stereocenters. The largest absolute Gasteiger partial charge is 0.329 e. The van der Waals surface area contributed by atoms with Gasteiger partial charge < -0.3 is 0 Å². The highest BCUT2D eigenvalue weighted by Gasteiger charge is 2.01. The zero-order valence-electron chi connectivity index (χ0n) is 9.83. The van der Waals surface area contributed by atoms with Gasteiger partial charge in [0.1, 0.15) is 5.82 Å². The van der Waals surface area contributed by atoms with Crippen LogP contribution < -0.4 is 22.1 Å². The van der Waals surface area contributed by atoms with Crippen LogP contribution in [-0.2, 0) is 7.05 Å². The first-order valence-corrected chi connectivity index (χ1v) is 6.00. The number of anilines is 2. The van der Waals surface area contributed by atoms with E-state index in [9.17, 15) is 9.59 Å². The molecule has 8 heteroatoms. The highest BCUT2D eigenvalue weighted by molar-refractivity contribution is 6.42. The summed E-state index contributed by atoms with van der Waals surface area (Å²) in [6.07, 6.45) is 0. The Hall–Kier alpha value is -1.92. The summed E-state index contributed by atoms with van der Waals surface area (Å²) < 4.78 is 0.963. The molecule has 3 N–H and O–H groups in total. The molecule has 0 aliphatic rings. The van der Waals surface area contributed by atoms with Crippen molar-refractivity contribution in [1.82, 2.24) is 9.55 Å². The first-order valence-electron chi connectivity index (χ1n) is 5.25. The normalized spacial score (nSPS) is 10.3. The second-order valence-electron chi connectivity index (χ2n) is 3.76. The predicted octanol–water partition coefficient (Wildman–Crippen LogP) is 1.82. The molecule has 0 atom stereocenters. The number of hydrogen-bond acceptors (Lipinski definition) is 4. The van der Waals surface area contributed by atoms with E-state index in [0.717, 1.165) is 4.57 Å². The second kappa shape index (κ2) is 5.38. The fourth-order valence-corrected chi connectivity index (χ4v) is 1.63. The van der Waals surface area contributed by atoms with Crippen molar-refractivity contribution in [3.05, 3.63) is 55.1 Å². The van der Waals surface area contributed by atoms with Crippen LogP contribution in [0.25, 0.3) is 0 Å². The van der Waals surface area contributed by atoms with E-state index in [0.29, 0.717) is 15.7 Å². The summed E-state index contributed by atoms with van der Waals surface area (Å²) in [6, 6.07) is 6.18. The molecule has 19 heavy (non-hydrogen) atoms. The van der Waals surface area contributed by atoms with Gasteiger partial charge in [-0.3, -0.25) is 25.2 Å². The Kier molecular flexibility index (Phi) is 3.82. The predicted molar refractivity (Wildman–Crippen MR) is 76.0 cm³/mol. The molecule has 0 saturated heterocycles. The fraction of sp³-hybridized carbons (Fsp3) is 0.0909. The molecule has 0 amide bonds. The first-order chi connectivity index (χ1) is 8.97. The second-order valence-corrected chi connectivity index (χ2v) is 4.58. The summed E-state index contributed by atoms with van der Waals surface area (Å²) in [6.45, 7) is 0. The number of halogens is 2. The molecule has 1 heterocycles. The minimum atomic E-state index is -0.508. The number of nitrogens with zero attached hydrogens (tertiary/aromatic N) is 1. The van der Waals surface area contributed by atoms with Crippen LogP contribution in [0.5, 0.6) is 0 Å². The number of benzene rings is 1. The molecule has 0 radical (unpaired) electrons. The van der Waals surface area contributed by atoms with Crippen molar-refractivity contribution in [2.75, 3.05) is 10.9 Å². The molecule has 1 aromatic heterocycles. The molecule has 0 fully saturated rings. The van der Waals surface area contributed by atoms with Crippen molar-refractivity contribution in [3.63, 3.8) is 0 Å². The molecule has 0 aliphatic carbocycles. The highest BCUT2D eigenvalue weighted by atomic mass is 35.5. The maximum Gasteiger partial charge on any atom is 0.329 e. The Balaban J connectivity index is 2.17. The molecular weight excluding hydrogens is 291 g/mol. The van der Waals surface area contributed by atoms with E-state index in [-0.39, 0.29) is 5.82 Å². The van der Waals surface area contributed by atoms with E-state index >= 15 is 0 Å². The Labute approximate surface area is 118 Å². The summed E-state index contributed by atoms with van der Waals surface area (Å²) in [5.74, 6) is 0.249. The average Bonchev–Trinajstić information content (AvgIpc) is 2.37. The van der Waals surface area contributed by atoms with Crippen molar-refractivity contribution >= 4 is 34.7 Å². The van der Waals surface area contributed by atoms with Crippen LogP contribution in [0.3, 0.4) is 0 Å². The van der Waals surface area contributed by atoms with E-state index < -0.39 is 11.2 Å². The third kappa shape index (κ3) is 3.10. The molecule has 2 rings (SSSR count). The number of H-pyrrole nitrogens is 1. The summed E-state index contributed by atoms with van der Waals surface area (Å²) in [5, 5.41) is 0.833. The Morgan fingerprint density at radius 2 is 1.84 bits per heavy atom. The smallest absolute Gasteiger partial charge is 0.300 e. The quantitative estimate of drug-likeness (QED) is 0.756. The van der Waals surface area contributed by atoms with E-state index in [2.05, 4.69) is 15.8 Å². The van der Waals surface area contributed by atoms with Gasteiger partial charge in [-0.25, -0.2) is 4.79 Å². The molecule has 0 bridgehead atoms. The zero-order valence-corrected chi connectivity index (χ0v) is 11.3. The first kappa shape index (κ1) is 13.5. The van der Waals surface area contributed by atoms with Crippen molar-refractivity contribution in [3.8, 4) is 0 Å². The molecule has 1 aromatic carbocycles. The molecule has 6 nitrogen and oxygen atoms in total. The summed E-state index contributed by atoms with van der Waals surface area (Å²) in [7, 11) is 1.39. The minimum Gasteiger partial charge on any atom is -0.300 e. The van der Waals surface area contributed by atoms with Crippen molar-refractivity contribution in [1.29, 1.82) is 0 Å². The fourth-order valence-electron chi connectivity index (χ4n) is 1.34. The third-order valence-corrected chi connectivity index (χ3v) is 3.14. The van der Waals surface area contributed by atoms with Gasteiger partial charge in [0.2, 0.25) is 0 Å². The number of hydrogen-bond donors (Lipinski definition) is 3. The Morgan fingerprint density at radius 1 is 1.11 bits per heavy atom. The van der Waals surface area contributed by atoms with Crippen molar-refractivity contribution < 1.29 is 0 Å². The lowest BCUT2D eigenvalue weighted by molar-refractivity contribution is 0.777. The molecule has 0 spiro atoms. The summed E-state index contributed by atoms with van der Waals surface area (Å²) in [4.78, 5) is 25.3. The van der Waals surface area contributed by atoms with Crippen LogP contribution in [0.1, 0.15) is 0 Å². The number of nitrogens with one attached hydrogen (secondary N) is 3. The third-order valence-electron chi connectivity index (χ3n) is 2.41. The number of rotatable bonds is 3. The maximum absolute atomic E-state index is 11.4. The standard InChI is InChI=1S/C11H10Cl2N4O2/c1-17-10(18)5-9(14-11(17)19)16-15-6-2-3-7(12)8(13)4-6/h2-5,15-16H,1H3,(H,14,19). The van der Waals surface area contributed by atoms with E-state index in [1.807, 2.05) is 0 Å². The lowest BCUT2D eigenvalue weighted by Crippen LogP contribution is -2.33. The molecular formula is C11H10Cl2N4O2. The average molecular weight is 301 g/mol. The topological polar surface area (TPSA) is 78.9 Å². The van der Waals surface area contributed by atoms with Crippen molar-refractivity contribution in [2.24, 2.45) is 7.05 Å². The minimum absolute atomic E-state index is 0.249. The zero-order chi connectivity index (χ0) is 14.0. The van der Waals surface area contributed by atoms with Gasteiger partial charge in [-0.05, 0) is 18.2 Å². The Bertz CT molecular complexity index is 692. The van der Waals surface area contributed by atoms with Gasteiger partial charge in [-0.2, -0.15) is 0 Å². The monoisotopic (exact) mass is 300 g/mol. The van der Waals surface area contributed by atoms with E-state index in [1.165, 1.54) is 13.1 Å². The lowest BCUT2D eigenvalue weighted by Gasteiger charge is -2.10. The summed E-state index contributed by atoms with van der Waals surface area (Å²) >= 11 is 11.6. The summed E-state index contributed by atoms with van der Waals surface area (Å²) in [5.41, 5.74) is 5.20. The van der Waals surface area contributed by atoms with Crippen LogP contribution in [0.2, 0.25) is 10.0 Å². The van der Waals surface area contributed by atoms with Gasteiger partial charge in [0, 0.05) is 13.1 Å². The Morgan fingerprint density at radius 3 is 2.47 bits per heavy atom. The van der Waals surface area contributed by atoms with Crippen molar-refractivity contribution in [2.45, 2.75) is 0 Å². The van der Waals surface area contributed by atoms with E-state index in [1.54, 1.807) is 18.2 Å². The van der Waals surface area contributed by atoms with Gasteiger partial charge >= 0.3 is 5.69 Å². The van der Waals surface area contributed by atoms with Gasteiger partial charge in [-0.1, -0.05) is 23.2 Å². The number of aromatic nitrogens is 2. The van der Waals surface area contributed by atoms with Crippen LogP contribution in [0.15, 0.2) is 33.9 Å².